The third-order valence-electron chi connectivity index (χ3n) is 4.77. The molecule has 2 rings (SSSR count). The topological polar surface area (TPSA) is 75.4 Å². The average molecular weight is 295 g/mol. The standard InChI is InChI=1S/C16H29N3O2/c1-2-3-15(20)18-14-8-10-19(11-9-14)16(21)12-4-6-13(17)7-5-12/h12-14H,2-11,17H2,1H3,(H,18,20). The molecule has 5 heteroatoms. The van der Waals surface area contributed by atoms with Crippen LogP contribution in [0.3, 0.4) is 0 Å². The molecule has 0 bridgehead atoms. The van der Waals surface area contributed by atoms with Crippen LogP contribution in [0.4, 0.5) is 0 Å². The number of piperidine rings is 1. The van der Waals surface area contributed by atoms with E-state index in [1.54, 1.807) is 0 Å². The summed E-state index contributed by atoms with van der Waals surface area (Å²) in [5.41, 5.74) is 5.90. The van der Waals surface area contributed by atoms with Crippen LogP contribution in [-0.4, -0.2) is 41.9 Å². The summed E-state index contributed by atoms with van der Waals surface area (Å²) in [6.45, 7) is 3.56. The Morgan fingerprint density at radius 2 is 1.71 bits per heavy atom. The van der Waals surface area contributed by atoms with Gasteiger partial charge in [-0.15, -0.1) is 0 Å². The molecule has 0 aromatic carbocycles. The highest BCUT2D eigenvalue weighted by atomic mass is 16.2. The molecule has 0 spiro atoms. The maximum atomic E-state index is 12.5. The zero-order valence-electron chi connectivity index (χ0n) is 13.1. The van der Waals surface area contributed by atoms with Crippen LogP contribution >= 0.6 is 0 Å². The zero-order valence-corrected chi connectivity index (χ0v) is 13.1. The molecule has 1 aliphatic carbocycles. The van der Waals surface area contributed by atoms with Gasteiger partial charge in [0.25, 0.3) is 0 Å². The molecule has 21 heavy (non-hydrogen) atoms. The van der Waals surface area contributed by atoms with Crippen LogP contribution in [0, 0.1) is 5.92 Å². The van der Waals surface area contributed by atoms with Crippen LogP contribution in [0.15, 0.2) is 0 Å². The minimum absolute atomic E-state index is 0.142. The Morgan fingerprint density at radius 3 is 2.29 bits per heavy atom. The van der Waals surface area contributed by atoms with Gasteiger partial charge in [0.2, 0.25) is 11.8 Å². The Bertz CT molecular complexity index is 357. The predicted octanol–water partition coefficient (Wildman–Crippen LogP) is 1.41. The van der Waals surface area contributed by atoms with Gasteiger partial charge in [0.15, 0.2) is 0 Å². The van der Waals surface area contributed by atoms with Gasteiger partial charge < -0.3 is 16.0 Å². The predicted molar refractivity (Wildman–Crippen MR) is 82.6 cm³/mol. The molecule has 1 heterocycles. The molecular formula is C16H29N3O2. The van der Waals surface area contributed by atoms with E-state index in [1.807, 2.05) is 11.8 Å². The average Bonchev–Trinajstić information content (AvgIpc) is 2.48. The SMILES string of the molecule is CCCC(=O)NC1CCN(C(=O)C2CCC(N)CC2)CC1. The molecule has 0 aromatic rings. The molecule has 2 amide bonds. The van der Waals surface area contributed by atoms with E-state index >= 15 is 0 Å². The summed E-state index contributed by atoms with van der Waals surface area (Å²) in [6.07, 6.45) is 7.07. The summed E-state index contributed by atoms with van der Waals surface area (Å²) in [5, 5.41) is 3.07. The number of nitrogens with zero attached hydrogens (tertiary/aromatic N) is 1. The lowest BCUT2D eigenvalue weighted by molar-refractivity contribution is -0.137. The normalized spacial score (nSPS) is 27.4. The van der Waals surface area contributed by atoms with Crippen LogP contribution in [0.1, 0.15) is 58.3 Å². The molecule has 0 unspecified atom stereocenters. The summed E-state index contributed by atoms with van der Waals surface area (Å²) in [5.74, 6) is 0.625. The molecule has 1 saturated carbocycles. The van der Waals surface area contributed by atoms with E-state index in [0.29, 0.717) is 12.3 Å². The Labute approximate surface area is 127 Å². The van der Waals surface area contributed by atoms with Crippen LogP contribution in [0.25, 0.3) is 0 Å². The number of rotatable bonds is 4. The van der Waals surface area contributed by atoms with Crippen LogP contribution in [0.5, 0.6) is 0 Å². The number of nitrogens with two attached hydrogens (primary N) is 1. The van der Waals surface area contributed by atoms with Crippen LogP contribution in [-0.2, 0) is 9.59 Å². The second-order valence-corrected chi connectivity index (χ2v) is 6.53. The number of likely N-dealkylation sites (tertiary alicyclic amines) is 1. The van der Waals surface area contributed by atoms with Crippen molar-refractivity contribution in [3.05, 3.63) is 0 Å². The second kappa shape index (κ2) is 7.78. The van der Waals surface area contributed by atoms with E-state index in [0.717, 1.165) is 58.0 Å². The Morgan fingerprint density at radius 1 is 1.10 bits per heavy atom. The van der Waals surface area contributed by atoms with Gasteiger partial charge in [0, 0.05) is 37.5 Å². The van der Waals surface area contributed by atoms with Crippen molar-refractivity contribution in [2.24, 2.45) is 11.7 Å². The monoisotopic (exact) mass is 295 g/mol. The van der Waals surface area contributed by atoms with Crippen LogP contribution < -0.4 is 11.1 Å². The van der Waals surface area contributed by atoms with Crippen molar-refractivity contribution in [3.8, 4) is 0 Å². The third-order valence-corrected chi connectivity index (χ3v) is 4.77. The highest BCUT2D eigenvalue weighted by Gasteiger charge is 2.30. The molecule has 2 fully saturated rings. The van der Waals surface area contributed by atoms with Crippen molar-refractivity contribution in [1.29, 1.82) is 0 Å². The highest BCUT2D eigenvalue weighted by Crippen LogP contribution is 2.26. The minimum Gasteiger partial charge on any atom is -0.353 e. The molecule has 1 aliphatic heterocycles. The summed E-state index contributed by atoms with van der Waals surface area (Å²) >= 11 is 0. The van der Waals surface area contributed by atoms with Crippen molar-refractivity contribution in [2.45, 2.75) is 70.4 Å². The van der Waals surface area contributed by atoms with Crippen LogP contribution in [0.2, 0.25) is 0 Å². The van der Waals surface area contributed by atoms with Gasteiger partial charge in [0.1, 0.15) is 0 Å². The fraction of sp³-hybridized carbons (Fsp3) is 0.875. The lowest BCUT2D eigenvalue weighted by Gasteiger charge is -2.36. The van der Waals surface area contributed by atoms with Gasteiger partial charge in [-0.3, -0.25) is 9.59 Å². The fourth-order valence-electron chi connectivity index (χ4n) is 3.40. The quantitative estimate of drug-likeness (QED) is 0.823. The van der Waals surface area contributed by atoms with E-state index in [1.165, 1.54) is 0 Å². The molecule has 2 aliphatic rings. The highest BCUT2D eigenvalue weighted by molar-refractivity contribution is 5.79. The van der Waals surface area contributed by atoms with Gasteiger partial charge in [-0.25, -0.2) is 0 Å². The van der Waals surface area contributed by atoms with Crippen molar-refractivity contribution in [2.75, 3.05) is 13.1 Å². The number of carbonyl (C=O) groups is 2. The van der Waals surface area contributed by atoms with E-state index in [9.17, 15) is 9.59 Å². The van der Waals surface area contributed by atoms with Crippen molar-refractivity contribution in [3.63, 3.8) is 0 Å². The minimum atomic E-state index is 0.142. The summed E-state index contributed by atoms with van der Waals surface area (Å²) in [7, 11) is 0. The molecule has 0 aromatic heterocycles. The van der Waals surface area contributed by atoms with Crippen molar-refractivity contribution in [1.82, 2.24) is 10.2 Å². The number of hydrogen-bond donors (Lipinski definition) is 2. The zero-order chi connectivity index (χ0) is 15.2. The van der Waals surface area contributed by atoms with Crippen molar-refractivity contribution < 1.29 is 9.59 Å². The molecule has 1 saturated heterocycles. The van der Waals surface area contributed by atoms with E-state index in [-0.39, 0.29) is 23.9 Å². The number of nitrogens with one attached hydrogen (secondary N) is 1. The Balaban J connectivity index is 1.73. The number of hydrogen-bond acceptors (Lipinski definition) is 3. The second-order valence-electron chi connectivity index (χ2n) is 6.53. The first-order chi connectivity index (χ1) is 10.1. The molecule has 0 atom stereocenters. The summed E-state index contributed by atoms with van der Waals surface area (Å²) in [4.78, 5) is 26.1. The van der Waals surface area contributed by atoms with E-state index < -0.39 is 0 Å². The molecule has 120 valence electrons. The maximum absolute atomic E-state index is 12.5. The number of carbonyl (C=O) groups excluding carboxylic acids is 2. The molecular weight excluding hydrogens is 266 g/mol. The first kappa shape index (κ1) is 16.3. The first-order valence-electron chi connectivity index (χ1n) is 8.44. The fourth-order valence-corrected chi connectivity index (χ4v) is 3.40. The van der Waals surface area contributed by atoms with Gasteiger partial charge in [-0.05, 0) is 44.9 Å². The lowest BCUT2D eigenvalue weighted by atomic mass is 9.85. The van der Waals surface area contributed by atoms with E-state index in [4.69, 9.17) is 5.73 Å². The smallest absolute Gasteiger partial charge is 0.225 e. The molecule has 5 nitrogen and oxygen atoms in total. The van der Waals surface area contributed by atoms with Gasteiger partial charge in [0.05, 0.1) is 0 Å². The van der Waals surface area contributed by atoms with Gasteiger partial charge in [-0.2, -0.15) is 0 Å². The van der Waals surface area contributed by atoms with E-state index in [2.05, 4.69) is 5.32 Å². The number of amides is 2. The third kappa shape index (κ3) is 4.70. The summed E-state index contributed by atoms with van der Waals surface area (Å²) in [6, 6.07) is 0.529. The lowest BCUT2D eigenvalue weighted by Crippen LogP contribution is -2.48. The summed E-state index contributed by atoms with van der Waals surface area (Å²) < 4.78 is 0. The van der Waals surface area contributed by atoms with Crippen molar-refractivity contribution >= 4 is 11.8 Å². The Hall–Kier alpha value is -1.10. The van der Waals surface area contributed by atoms with Gasteiger partial charge in [-0.1, -0.05) is 6.92 Å². The largest absolute Gasteiger partial charge is 0.353 e. The first-order valence-corrected chi connectivity index (χ1v) is 8.44. The Kier molecular flexibility index (Phi) is 6.03. The maximum Gasteiger partial charge on any atom is 0.225 e. The molecule has 0 radical (unpaired) electrons. The molecule has 3 N–H and O–H groups in total. The van der Waals surface area contributed by atoms with Gasteiger partial charge >= 0.3 is 0 Å².